The van der Waals surface area contributed by atoms with E-state index in [2.05, 4.69) is 26.1 Å². The van der Waals surface area contributed by atoms with Gasteiger partial charge in [-0.3, -0.25) is 4.79 Å². The van der Waals surface area contributed by atoms with E-state index in [-0.39, 0.29) is 11.3 Å². The van der Waals surface area contributed by atoms with Crippen molar-refractivity contribution in [3.05, 3.63) is 64.0 Å². The number of anilines is 1. The number of nitrogens with one attached hydrogen (secondary N) is 1. The molecule has 1 heterocycles. The summed E-state index contributed by atoms with van der Waals surface area (Å²) in [6.07, 6.45) is 4.63. The van der Waals surface area contributed by atoms with Crippen LogP contribution in [0.3, 0.4) is 0 Å². The van der Waals surface area contributed by atoms with Crippen molar-refractivity contribution < 1.29 is 19.0 Å². The Balaban J connectivity index is 1.75. The first-order chi connectivity index (χ1) is 17.3. The molecule has 6 nitrogen and oxygen atoms in total. The van der Waals surface area contributed by atoms with Crippen LogP contribution < -0.4 is 19.5 Å². The van der Waals surface area contributed by atoms with E-state index in [0.29, 0.717) is 33.7 Å². The summed E-state index contributed by atoms with van der Waals surface area (Å²) in [6.45, 7) is 6.88. The summed E-state index contributed by atoms with van der Waals surface area (Å²) >= 11 is 1.62. The average molecular weight is 507 g/mol. The van der Waals surface area contributed by atoms with E-state index in [4.69, 9.17) is 19.2 Å². The van der Waals surface area contributed by atoms with E-state index in [1.54, 1.807) is 38.9 Å². The van der Waals surface area contributed by atoms with Crippen molar-refractivity contribution in [2.45, 2.75) is 40.0 Å². The van der Waals surface area contributed by atoms with Crippen molar-refractivity contribution >= 4 is 34.1 Å². The average Bonchev–Trinajstić information content (AvgIpc) is 3.24. The van der Waals surface area contributed by atoms with Gasteiger partial charge in [-0.15, -0.1) is 11.3 Å². The van der Waals surface area contributed by atoms with Crippen LogP contribution >= 0.6 is 11.3 Å². The van der Waals surface area contributed by atoms with Crippen molar-refractivity contribution in [1.82, 2.24) is 0 Å². The first kappa shape index (κ1) is 25.8. The minimum Gasteiger partial charge on any atom is -0.493 e. The van der Waals surface area contributed by atoms with Crippen LogP contribution in [0, 0.1) is 11.3 Å². The van der Waals surface area contributed by atoms with Gasteiger partial charge >= 0.3 is 0 Å². The molecule has 0 aliphatic heterocycles. The van der Waals surface area contributed by atoms with E-state index in [0.717, 1.165) is 36.1 Å². The largest absolute Gasteiger partial charge is 0.493 e. The Labute approximate surface area is 217 Å². The van der Waals surface area contributed by atoms with E-state index in [1.807, 2.05) is 42.5 Å². The Morgan fingerprint density at radius 3 is 2.39 bits per heavy atom. The first-order valence-electron chi connectivity index (χ1n) is 12.1. The summed E-state index contributed by atoms with van der Waals surface area (Å²) in [5.41, 5.74) is 3.51. The summed E-state index contributed by atoms with van der Waals surface area (Å²) in [4.78, 5) is 19.6. The zero-order chi connectivity index (χ0) is 25.9. The number of hydrogen-bond donors (Lipinski definition) is 1. The van der Waals surface area contributed by atoms with Gasteiger partial charge in [-0.25, -0.2) is 4.99 Å². The number of carbonyl (C=O) groups is 1. The summed E-state index contributed by atoms with van der Waals surface area (Å²) in [7, 11) is 4.75. The van der Waals surface area contributed by atoms with Crippen LogP contribution in [0.1, 0.15) is 53.6 Å². The number of hydrogen-bond acceptors (Lipinski definition) is 6. The highest BCUT2D eigenvalue weighted by atomic mass is 32.1. The monoisotopic (exact) mass is 506 g/mol. The Morgan fingerprint density at radius 1 is 1.03 bits per heavy atom. The fourth-order valence-corrected chi connectivity index (χ4v) is 5.97. The van der Waals surface area contributed by atoms with Gasteiger partial charge in [-0.2, -0.15) is 0 Å². The normalized spacial score (nSPS) is 15.4. The number of fused-ring (bicyclic) bond motifs is 1. The number of thiophene rings is 1. The van der Waals surface area contributed by atoms with Crippen LogP contribution in [0.5, 0.6) is 17.2 Å². The topological polar surface area (TPSA) is 69.2 Å². The molecule has 1 aliphatic rings. The minimum absolute atomic E-state index is 0.126. The zero-order valence-corrected chi connectivity index (χ0v) is 22.6. The van der Waals surface area contributed by atoms with Gasteiger partial charge in [0.25, 0.3) is 5.91 Å². The summed E-state index contributed by atoms with van der Waals surface area (Å²) in [6, 6.07) is 13.2. The lowest BCUT2D eigenvalue weighted by Crippen LogP contribution is -2.27. The summed E-state index contributed by atoms with van der Waals surface area (Å²) < 4.78 is 16.5. The molecule has 1 N–H and O–H groups in total. The number of amides is 1. The predicted octanol–water partition coefficient (Wildman–Crippen LogP) is 6.93. The zero-order valence-electron chi connectivity index (χ0n) is 21.8. The third-order valence-corrected chi connectivity index (χ3v) is 7.95. The van der Waals surface area contributed by atoms with Crippen LogP contribution in [0.15, 0.2) is 47.5 Å². The summed E-state index contributed by atoms with van der Waals surface area (Å²) in [5.74, 6) is 2.06. The Kier molecular flexibility index (Phi) is 7.69. The van der Waals surface area contributed by atoms with Crippen molar-refractivity contribution in [1.29, 1.82) is 0 Å². The third-order valence-electron chi connectivity index (χ3n) is 6.79. The SMILES string of the molecule is COc1ccc(C=Nc2sc3c(c2C(=O)Nc2ccccc2)CC[C@H](C(C)(C)C)C3)c(OC)c1OC. The molecule has 3 aromatic rings. The molecule has 0 saturated heterocycles. The molecule has 0 unspecified atom stereocenters. The lowest BCUT2D eigenvalue weighted by molar-refractivity contribution is 0.102. The van der Waals surface area contributed by atoms with Crippen molar-refractivity contribution in [3.63, 3.8) is 0 Å². The number of aliphatic imine (C=N–C) groups is 1. The predicted molar refractivity (Wildman–Crippen MR) is 147 cm³/mol. The molecule has 190 valence electrons. The van der Waals surface area contributed by atoms with Crippen LogP contribution in [-0.4, -0.2) is 33.5 Å². The maximum absolute atomic E-state index is 13.5. The van der Waals surface area contributed by atoms with Gasteiger partial charge in [0.2, 0.25) is 5.75 Å². The highest BCUT2D eigenvalue weighted by Crippen LogP contribution is 2.46. The van der Waals surface area contributed by atoms with Gasteiger partial charge in [0, 0.05) is 22.3 Å². The van der Waals surface area contributed by atoms with Crippen LogP contribution in [0.2, 0.25) is 0 Å². The van der Waals surface area contributed by atoms with Gasteiger partial charge in [0.05, 0.1) is 26.9 Å². The van der Waals surface area contributed by atoms with Gasteiger partial charge in [-0.1, -0.05) is 39.0 Å². The number of methoxy groups -OCH3 is 3. The molecule has 0 fully saturated rings. The van der Waals surface area contributed by atoms with Gasteiger partial charge in [0.15, 0.2) is 11.5 Å². The standard InChI is InChI=1S/C29H34N2O4S/c1-29(2,3)19-13-14-21-23(16-19)36-28(24(21)27(32)31-20-10-8-7-9-11-20)30-17-18-12-15-22(33-4)26(35-6)25(18)34-5/h7-12,15,17,19H,13-14,16H2,1-6H3,(H,31,32)/t19-/m0/s1. The molecular formula is C29H34N2O4S. The first-order valence-corrected chi connectivity index (χ1v) is 12.9. The Bertz CT molecular complexity index is 1260. The Morgan fingerprint density at radius 2 is 1.75 bits per heavy atom. The highest BCUT2D eigenvalue weighted by Gasteiger charge is 2.33. The summed E-state index contributed by atoms with van der Waals surface area (Å²) in [5, 5.41) is 3.77. The van der Waals surface area contributed by atoms with Crippen LogP contribution in [0.4, 0.5) is 10.7 Å². The molecule has 1 amide bonds. The van der Waals surface area contributed by atoms with E-state index >= 15 is 0 Å². The number of benzene rings is 2. The lowest BCUT2D eigenvalue weighted by Gasteiger charge is -2.33. The van der Waals surface area contributed by atoms with E-state index in [1.165, 1.54) is 4.88 Å². The van der Waals surface area contributed by atoms with E-state index < -0.39 is 0 Å². The Hall–Kier alpha value is -3.32. The van der Waals surface area contributed by atoms with Crippen LogP contribution in [-0.2, 0) is 12.8 Å². The number of ether oxygens (including phenoxy) is 3. The molecular weight excluding hydrogens is 472 g/mol. The van der Waals surface area contributed by atoms with Gasteiger partial charge in [-0.05, 0) is 60.4 Å². The molecule has 1 aromatic heterocycles. The molecule has 0 radical (unpaired) electrons. The smallest absolute Gasteiger partial charge is 0.259 e. The van der Waals surface area contributed by atoms with Gasteiger partial charge in [0.1, 0.15) is 5.00 Å². The fourth-order valence-electron chi connectivity index (χ4n) is 4.71. The number of rotatable bonds is 7. The van der Waals surface area contributed by atoms with Crippen molar-refractivity contribution in [2.24, 2.45) is 16.3 Å². The van der Waals surface area contributed by atoms with Gasteiger partial charge < -0.3 is 19.5 Å². The lowest BCUT2D eigenvalue weighted by atomic mass is 9.72. The maximum Gasteiger partial charge on any atom is 0.259 e. The second-order valence-electron chi connectivity index (χ2n) is 9.99. The number of carbonyl (C=O) groups excluding carboxylic acids is 1. The second kappa shape index (κ2) is 10.7. The molecule has 36 heavy (non-hydrogen) atoms. The van der Waals surface area contributed by atoms with Crippen LogP contribution in [0.25, 0.3) is 0 Å². The van der Waals surface area contributed by atoms with E-state index in [9.17, 15) is 4.79 Å². The molecule has 1 aliphatic carbocycles. The highest BCUT2D eigenvalue weighted by molar-refractivity contribution is 7.16. The molecule has 4 rings (SSSR count). The maximum atomic E-state index is 13.5. The molecule has 0 bridgehead atoms. The van der Waals surface area contributed by atoms with Crippen molar-refractivity contribution in [2.75, 3.05) is 26.6 Å². The third kappa shape index (κ3) is 5.26. The number of para-hydroxylation sites is 1. The molecule has 7 heteroatoms. The molecule has 2 aromatic carbocycles. The quantitative estimate of drug-likeness (QED) is 0.353. The molecule has 0 spiro atoms. The second-order valence-corrected chi connectivity index (χ2v) is 11.1. The number of nitrogens with zero attached hydrogens (tertiary/aromatic N) is 1. The minimum atomic E-state index is -0.126. The van der Waals surface area contributed by atoms with Crippen molar-refractivity contribution in [3.8, 4) is 17.2 Å². The molecule has 0 saturated carbocycles. The molecule has 1 atom stereocenters. The fraction of sp³-hybridized carbons (Fsp3) is 0.379.